The second kappa shape index (κ2) is 6.64. The Balaban J connectivity index is 1.61. The topological polar surface area (TPSA) is 58.6 Å². The van der Waals surface area contributed by atoms with Crippen LogP contribution >= 0.6 is 0 Å². The van der Waals surface area contributed by atoms with Gasteiger partial charge in [0, 0.05) is 38.1 Å². The number of aromatic nitrogens is 2. The largest absolute Gasteiger partial charge is 0.497 e. The van der Waals surface area contributed by atoms with E-state index in [-0.39, 0.29) is 5.91 Å². The summed E-state index contributed by atoms with van der Waals surface area (Å²) < 4.78 is 5.18. The zero-order valence-electron chi connectivity index (χ0n) is 13.4. The standard InChI is InChI=1S/C17H20N4O2/c1-13-11-19-16(12-18-13)17(22)21-9-7-20(8-10-21)14-3-5-15(23-2)6-4-14/h3-6,11-12H,7-10H2,1-2H3. The SMILES string of the molecule is COc1ccc(N2CCN(C(=O)c3cnc(C)cn3)CC2)cc1. The van der Waals surface area contributed by atoms with Crippen molar-refractivity contribution in [2.75, 3.05) is 38.2 Å². The highest BCUT2D eigenvalue weighted by Gasteiger charge is 2.23. The molecule has 0 aliphatic carbocycles. The van der Waals surface area contributed by atoms with Crippen LogP contribution in [-0.2, 0) is 0 Å². The van der Waals surface area contributed by atoms with Crippen molar-refractivity contribution < 1.29 is 9.53 Å². The van der Waals surface area contributed by atoms with Crippen LogP contribution in [0.2, 0.25) is 0 Å². The van der Waals surface area contributed by atoms with Crippen LogP contribution in [0.25, 0.3) is 0 Å². The number of amides is 1. The molecule has 2 aromatic rings. The molecule has 6 nitrogen and oxygen atoms in total. The molecule has 0 N–H and O–H groups in total. The molecule has 1 amide bonds. The molecule has 1 fully saturated rings. The number of hydrogen-bond donors (Lipinski definition) is 0. The van der Waals surface area contributed by atoms with Gasteiger partial charge in [-0.3, -0.25) is 9.78 Å². The Morgan fingerprint density at radius 3 is 2.30 bits per heavy atom. The van der Waals surface area contributed by atoms with Crippen LogP contribution in [0, 0.1) is 6.92 Å². The van der Waals surface area contributed by atoms with Crippen molar-refractivity contribution in [3.05, 3.63) is 48.0 Å². The Morgan fingerprint density at radius 2 is 1.74 bits per heavy atom. The fourth-order valence-corrected chi connectivity index (χ4v) is 2.63. The first-order valence-electron chi connectivity index (χ1n) is 7.64. The number of nitrogens with zero attached hydrogens (tertiary/aromatic N) is 4. The minimum atomic E-state index is -0.0492. The van der Waals surface area contributed by atoms with Crippen LogP contribution < -0.4 is 9.64 Å². The van der Waals surface area contributed by atoms with Gasteiger partial charge in [-0.2, -0.15) is 0 Å². The predicted molar refractivity (Wildman–Crippen MR) is 87.9 cm³/mol. The molecule has 3 rings (SSSR count). The van der Waals surface area contributed by atoms with E-state index < -0.39 is 0 Å². The molecule has 23 heavy (non-hydrogen) atoms. The summed E-state index contributed by atoms with van der Waals surface area (Å²) in [5.41, 5.74) is 2.37. The fraction of sp³-hybridized carbons (Fsp3) is 0.353. The maximum absolute atomic E-state index is 12.4. The molecule has 0 radical (unpaired) electrons. The Kier molecular flexibility index (Phi) is 4.41. The van der Waals surface area contributed by atoms with Crippen LogP contribution in [0.4, 0.5) is 5.69 Å². The van der Waals surface area contributed by atoms with E-state index in [9.17, 15) is 4.79 Å². The maximum atomic E-state index is 12.4. The number of rotatable bonds is 3. The van der Waals surface area contributed by atoms with Gasteiger partial charge in [0.2, 0.25) is 0 Å². The van der Waals surface area contributed by atoms with Gasteiger partial charge in [0.25, 0.3) is 5.91 Å². The number of carbonyl (C=O) groups is 1. The van der Waals surface area contributed by atoms with Gasteiger partial charge < -0.3 is 14.5 Å². The lowest BCUT2D eigenvalue weighted by atomic mass is 10.2. The van der Waals surface area contributed by atoms with Crippen molar-refractivity contribution in [3.8, 4) is 5.75 Å². The smallest absolute Gasteiger partial charge is 0.274 e. The average Bonchev–Trinajstić information content (AvgIpc) is 2.62. The van der Waals surface area contributed by atoms with E-state index in [1.165, 1.54) is 0 Å². The second-order valence-corrected chi connectivity index (χ2v) is 5.52. The quantitative estimate of drug-likeness (QED) is 0.864. The summed E-state index contributed by atoms with van der Waals surface area (Å²) in [5, 5.41) is 0. The summed E-state index contributed by atoms with van der Waals surface area (Å²) in [6, 6.07) is 7.99. The molecule has 6 heteroatoms. The minimum absolute atomic E-state index is 0.0492. The predicted octanol–water partition coefficient (Wildman–Crippen LogP) is 1.76. The summed E-state index contributed by atoms with van der Waals surface area (Å²) in [4.78, 5) is 24.8. The third-order valence-electron chi connectivity index (χ3n) is 4.00. The molecule has 1 aliphatic rings. The third kappa shape index (κ3) is 3.41. The van der Waals surface area contributed by atoms with Crippen molar-refractivity contribution in [2.45, 2.75) is 6.92 Å². The lowest BCUT2D eigenvalue weighted by molar-refractivity contribution is 0.0740. The first-order valence-corrected chi connectivity index (χ1v) is 7.64. The lowest BCUT2D eigenvalue weighted by Gasteiger charge is -2.36. The van der Waals surface area contributed by atoms with Crippen LogP contribution in [0.5, 0.6) is 5.75 Å². The van der Waals surface area contributed by atoms with Crippen LogP contribution in [0.1, 0.15) is 16.2 Å². The first kappa shape index (κ1) is 15.3. The van der Waals surface area contributed by atoms with E-state index in [4.69, 9.17) is 4.74 Å². The number of hydrogen-bond acceptors (Lipinski definition) is 5. The van der Waals surface area contributed by atoms with Crippen molar-refractivity contribution >= 4 is 11.6 Å². The molecule has 0 saturated carbocycles. The van der Waals surface area contributed by atoms with E-state index >= 15 is 0 Å². The number of anilines is 1. The van der Waals surface area contributed by atoms with E-state index in [1.807, 2.05) is 36.1 Å². The van der Waals surface area contributed by atoms with Crippen molar-refractivity contribution in [2.24, 2.45) is 0 Å². The summed E-state index contributed by atoms with van der Waals surface area (Å²) in [5.74, 6) is 0.799. The molecular formula is C17H20N4O2. The van der Waals surface area contributed by atoms with Gasteiger partial charge >= 0.3 is 0 Å². The van der Waals surface area contributed by atoms with E-state index in [2.05, 4.69) is 14.9 Å². The van der Waals surface area contributed by atoms with Crippen LogP contribution in [0.15, 0.2) is 36.7 Å². The molecule has 1 aliphatic heterocycles. The molecule has 2 heterocycles. The van der Waals surface area contributed by atoms with Gasteiger partial charge in [0.15, 0.2) is 0 Å². The molecule has 1 aromatic carbocycles. The monoisotopic (exact) mass is 312 g/mol. The second-order valence-electron chi connectivity index (χ2n) is 5.52. The van der Waals surface area contributed by atoms with Crippen molar-refractivity contribution in [1.82, 2.24) is 14.9 Å². The van der Waals surface area contributed by atoms with Crippen molar-refractivity contribution in [3.63, 3.8) is 0 Å². The summed E-state index contributed by atoms with van der Waals surface area (Å²) in [7, 11) is 1.66. The van der Waals surface area contributed by atoms with Gasteiger partial charge in [-0.25, -0.2) is 4.98 Å². The Bertz CT molecular complexity index is 662. The van der Waals surface area contributed by atoms with Gasteiger partial charge in [-0.05, 0) is 31.2 Å². The van der Waals surface area contributed by atoms with E-state index in [1.54, 1.807) is 19.5 Å². The zero-order valence-corrected chi connectivity index (χ0v) is 13.4. The molecular weight excluding hydrogens is 292 g/mol. The average molecular weight is 312 g/mol. The number of methoxy groups -OCH3 is 1. The van der Waals surface area contributed by atoms with Crippen LogP contribution in [-0.4, -0.2) is 54.1 Å². The Hall–Kier alpha value is -2.63. The number of aryl methyl sites for hydroxylation is 1. The van der Waals surface area contributed by atoms with Gasteiger partial charge in [0.05, 0.1) is 19.0 Å². The zero-order chi connectivity index (χ0) is 16.2. The molecule has 0 atom stereocenters. The van der Waals surface area contributed by atoms with Gasteiger partial charge in [0.1, 0.15) is 11.4 Å². The number of piperazine rings is 1. The molecule has 0 bridgehead atoms. The van der Waals surface area contributed by atoms with Crippen molar-refractivity contribution in [1.29, 1.82) is 0 Å². The van der Waals surface area contributed by atoms with E-state index in [0.29, 0.717) is 18.8 Å². The molecule has 0 spiro atoms. The van der Waals surface area contributed by atoms with Gasteiger partial charge in [-0.1, -0.05) is 0 Å². The van der Waals surface area contributed by atoms with E-state index in [0.717, 1.165) is 30.2 Å². The lowest BCUT2D eigenvalue weighted by Crippen LogP contribution is -2.49. The molecule has 1 aromatic heterocycles. The van der Waals surface area contributed by atoms with Gasteiger partial charge in [-0.15, -0.1) is 0 Å². The number of carbonyl (C=O) groups excluding carboxylic acids is 1. The Labute approximate surface area is 135 Å². The number of ether oxygens (including phenoxy) is 1. The maximum Gasteiger partial charge on any atom is 0.274 e. The summed E-state index contributed by atoms with van der Waals surface area (Å²) >= 11 is 0. The summed E-state index contributed by atoms with van der Waals surface area (Å²) in [6.07, 6.45) is 3.17. The highest BCUT2D eigenvalue weighted by molar-refractivity contribution is 5.92. The highest BCUT2D eigenvalue weighted by atomic mass is 16.5. The normalized spacial score (nSPS) is 14.7. The Morgan fingerprint density at radius 1 is 1.04 bits per heavy atom. The molecule has 120 valence electrons. The molecule has 0 unspecified atom stereocenters. The summed E-state index contributed by atoms with van der Waals surface area (Å²) in [6.45, 7) is 4.82. The van der Waals surface area contributed by atoms with Crippen LogP contribution in [0.3, 0.4) is 0 Å². The highest BCUT2D eigenvalue weighted by Crippen LogP contribution is 2.20. The third-order valence-corrected chi connectivity index (χ3v) is 4.00. The minimum Gasteiger partial charge on any atom is -0.497 e. The first-order chi connectivity index (χ1) is 11.2. The molecule has 1 saturated heterocycles. The number of benzene rings is 1. The fourth-order valence-electron chi connectivity index (χ4n) is 2.63.